The topological polar surface area (TPSA) is 51.8 Å². The SMILES string of the molecule is Cc1cccc(-c2ccc3c(c2)oc2cccc(-c4nc(Cl)nc(-c5ccccc5)n4)c23)c1. The molecule has 0 amide bonds. The lowest BCUT2D eigenvalue weighted by Crippen LogP contribution is -1.97. The predicted molar refractivity (Wildman–Crippen MR) is 133 cm³/mol. The van der Waals surface area contributed by atoms with Crippen molar-refractivity contribution in [2.24, 2.45) is 0 Å². The molecule has 0 spiro atoms. The van der Waals surface area contributed by atoms with Gasteiger partial charge in [0.05, 0.1) is 0 Å². The van der Waals surface area contributed by atoms with Crippen molar-refractivity contribution in [1.29, 1.82) is 0 Å². The van der Waals surface area contributed by atoms with E-state index >= 15 is 0 Å². The van der Waals surface area contributed by atoms with Crippen LogP contribution in [0, 0.1) is 6.92 Å². The minimum atomic E-state index is 0.158. The van der Waals surface area contributed by atoms with E-state index in [1.807, 2.05) is 48.5 Å². The summed E-state index contributed by atoms with van der Waals surface area (Å²) < 4.78 is 6.25. The summed E-state index contributed by atoms with van der Waals surface area (Å²) in [6, 6.07) is 30.4. The van der Waals surface area contributed by atoms with Crippen molar-refractivity contribution < 1.29 is 4.42 Å². The van der Waals surface area contributed by atoms with Crippen LogP contribution in [0.1, 0.15) is 5.56 Å². The lowest BCUT2D eigenvalue weighted by Gasteiger charge is -2.06. The lowest BCUT2D eigenvalue weighted by molar-refractivity contribution is 0.669. The lowest BCUT2D eigenvalue weighted by atomic mass is 10.0. The standard InChI is InChI=1S/C28H18ClN3O/c1-17-7-5-10-19(15-17)20-13-14-21-24(16-20)33-23-12-6-11-22(25(21)23)27-30-26(31-28(29)32-27)18-8-3-2-4-9-18/h2-16H,1H3. The van der Waals surface area contributed by atoms with Crippen LogP contribution in [0.2, 0.25) is 5.28 Å². The molecule has 0 N–H and O–H groups in total. The van der Waals surface area contributed by atoms with E-state index in [9.17, 15) is 0 Å². The molecule has 6 aromatic rings. The predicted octanol–water partition coefficient (Wildman–Crippen LogP) is 7.73. The van der Waals surface area contributed by atoms with Gasteiger partial charge in [0.1, 0.15) is 11.2 Å². The maximum Gasteiger partial charge on any atom is 0.226 e. The molecule has 158 valence electrons. The van der Waals surface area contributed by atoms with Crippen molar-refractivity contribution in [3.05, 3.63) is 102 Å². The first-order valence-corrected chi connectivity index (χ1v) is 11.0. The summed E-state index contributed by atoms with van der Waals surface area (Å²) in [6.45, 7) is 2.10. The fourth-order valence-corrected chi connectivity index (χ4v) is 4.36. The van der Waals surface area contributed by atoms with Crippen LogP contribution in [0.25, 0.3) is 55.8 Å². The van der Waals surface area contributed by atoms with E-state index in [4.69, 9.17) is 21.0 Å². The molecule has 4 nitrogen and oxygen atoms in total. The largest absolute Gasteiger partial charge is 0.456 e. The third-order valence-corrected chi connectivity index (χ3v) is 5.90. The molecule has 5 heteroatoms. The molecule has 0 atom stereocenters. The molecule has 2 heterocycles. The fraction of sp³-hybridized carbons (Fsp3) is 0.0357. The Morgan fingerprint density at radius 1 is 0.636 bits per heavy atom. The number of rotatable bonds is 3. The van der Waals surface area contributed by atoms with Crippen LogP contribution >= 0.6 is 11.6 Å². The number of hydrogen-bond donors (Lipinski definition) is 0. The zero-order chi connectivity index (χ0) is 22.4. The highest BCUT2D eigenvalue weighted by Crippen LogP contribution is 2.37. The van der Waals surface area contributed by atoms with E-state index in [1.165, 1.54) is 5.56 Å². The van der Waals surface area contributed by atoms with Gasteiger partial charge in [0, 0.05) is 21.9 Å². The van der Waals surface area contributed by atoms with Crippen LogP contribution in [0.3, 0.4) is 0 Å². The van der Waals surface area contributed by atoms with Gasteiger partial charge in [0.15, 0.2) is 11.6 Å². The van der Waals surface area contributed by atoms with Crippen molar-refractivity contribution in [2.45, 2.75) is 6.92 Å². The molecular weight excluding hydrogens is 430 g/mol. The number of hydrogen-bond acceptors (Lipinski definition) is 4. The number of halogens is 1. The molecule has 0 fully saturated rings. The second kappa shape index (κ2) is 7.84. The van der Waals surface area contributed by atoms with Crippen molar-refractivity contribution in [3.63, 3.8) is 0 Å². The molecule has 0 aliphatic rings. The van der Waals surface area contributed by atoms with Gasteiger partial charge in [-0.15, -0.1) is 0 Å². The Morgan fingerprint density at radius 2 is 1.39 bits per heavy atom. The summed E-state index contributed by atoms with van der Waals surface area (Å²) in [5.41, 5.74) is 6.84. The molecule has 0 saturated carbocycles. The van der Waals surface area contributed by atoms with Gasteiger partial charge in [0.25, 0.3) is 0 Å². The first-order valence-electron chi connectivity index (χ1n) is 10.7. The fourth-order valence-electron chi connectivity index (χ4n) is 4.20. The van der Waals surface area contributed by atoms with Gasteiger partial charge in [0.2, 0.25) is 5.28 Å². The highest BCUT2D eigenvalue weighted by atomic mass is 35.5. The zero-order valence-electron chi connectivity index (χ0n) is 17.8. The monoisotopic (exact) mass is 447 g/mol. The molecule has 0 aliphatic heterocycles. The van der Waals surface area contributed by atoms with Gasteiger partial charge in [-0.05, 0) is 47.9 Å². The molecule has 6 rings (SSSR count). The van der Waals surface area contributed by atoms with Crippen LogP contribution in [0.4, 0.5) is 0 Å². The summed E-state index contributed by atoms with van der Waals surface area (Å²) in [5, 5.41) is 2.13. The zero-order valence-corrected chi connectivity index (χ0v) is 18.5. The highest BCUT2D eigenvalue weighted by molar-refractivity contribution is 6.28. The number of aromatic nitrogens is 3. The average molecular weight is 448 g/mol. The third-order valence-electron chi connectivity index (χ3n) is 5.73. The van der Waals surface area contributed by atoms with E-state index in [1.54, 1.807) is 0 Å². The summed E-state index contributed by atoms with van der Waals surface area (Å²) in [7, 11) is 0. The molecule has 0 unspecified atom stereocenters. The van der Waals surface area contributed by atoms with Gasteiger partial charge in [-0.1, -0.05) is 78.4 Å². The van der Waals surface area contributed by atoms with Crippen LogP contribution in [0.15, 0.2) is 95.4 Å². The van der Waals surface area contributed by atoms with Gasteiger partial charge in [-0.3, -0.25) is 0 Å². The summed E-state index contributed by atoms with van der Waals surface area (Å²) in [4.78, 5) is 13.5. The third kappa shape index (κ3) is 3.55. The molecular formula is C28H18ClN3O. The Bertz CT molecular complexity index is 1640. The van der Waals surface area contributed by atoms with E-state index in [2.05, 4.69) is 59.4 Å². The molecule has 0 aliphatic carbocycles. The molecule has 0 saturated heterocycles. The minimum absolute atomic E-state index is 0.158. The van der Waals surface area contributed by atoms with Crippen molar-refractivity contribution >= 4 is 33.5 Å². The van der Waals surface area contributed by atoms with Gasteiger partial charge in [-0.25, -0.2) is 4.98 Å². The Labute approximate surface area is 195 Å². The van der Waals surface area contributed by atoms with Crippen LogP contribution in [0.5, 0.6) is 0 Å². The molecule has 0 radical (unpaired) electrons. The molecule has 0 bridgehead atoms. The summed E-state index contributed by atoms with van der Waals surface area (Å²) in [5.74, 6) is 1.06. The second-order valence-corrected chi connectivity index (χ2v) is 8.32. The molecule has 2 aromatic heterocycles. The maximum atomic E-state index is 6.31. The Hall–Kier alpha value is -4.02. The first-order chi connectivity index (χ1) is 16.2. The Kier molecular flexibility index (Phi) is 4.67. The first kappa shape index (κ1) is 19.6. The quantitative estimate of drug-likeness (QED) is 0.278. The van der Waals surface area contributed by atoms with Crippen LogP contribution < -0.4 is 0 Å². The number of nitrogens with zero attached hydrogens (tertiary/aromatic N) is 3. The van der Waals surface area contributed by atoms with Crippen molar-refractivity contribution in [1.82, 2.24) is 15.0 Å². The number of benzene rings is 4. The summed E-state index contributed by atoms with van der Waals surface area (Å²) >= 11 is 6.31. The average Bonchev–Trinajstić information content (AvgIpc) is 3.22. The van der Waals surface area contributed by atoms with Gasteiger partial charge in [-0.2, -0.15) is 9.97 Å². The van der Waals surface area contributed by atoms with Gasteiger partial charge >= 0.3 is 0 Å². The van der Waals surface area contributed by atoms with E-state index < -0.39 is 0 Å². The van der Waals surface area contributed by atoms with Crippen molar-refractivity contribution in [2.75, 3.05) is 0 Å². The van der Waals surface area contributed by atoms with E-state index in [0.29, 0.717) is 11.6 Å². The molecule has 33 heavy (non-hydrogen) atoms. The van der Waals surface area contributed by atoms with Crippen molar-refractivity contribution in [3.8, 4) is 33.9 Å². The number of fused-ring (bicyclic) bond motifs is 3. The minimum Gasteiger partial charge on any atom is -0.456 e. The Balaban J connectivity index is 1.54. The van der Waals surface area contributed by atoms with E-state index in [-0.39, 0.29) is 5.28 Å². The van der Waals surface area contributed by atoms with Crippen LogP contribution in [-0.2, 0) is 0 Å². The highest BCUT2D eigenvalue weighted by Gasteiger charge is 2.17. The normalized spacial score (nSPS) is 11.3. The maximum absolute atomic E-state index is 6.31. The summed E-state index contributed by atoms with van der Waals surface area (Å²) in [6.07, 6.45) is 0. The number of aryl methyl sites for hydroxylation is 1. The number of furan rings is 1. The molecule has 4 aromatic carbocycles. The van der Waals surface area contributed by atoms with Gasteiger partial charge < -0.3 is 4.42 Å². The smallest absolute Gasteiger partial charge is 0.226 e. The Morgan fingerprint density at radius 3 is 2.24 bits per heavy atom. The second-order valence-electron chi connectivity index (χ2n) is 7.98. The van der Waals surface area contributed by atoms with Crippen LogP contribution in [-0.4, -0.2) is 15.0 Å². The van der Waals surface area contributed by atoms with E-state index in [0.717, 1.165) is 44.2 Å².